The first-order valence-electron chi connectivity index (χ1n) is 9.47. The van der Waals surface area contributed by atoms with E-state index in [-0.39, 0.29) is 29.8 Å². The summed E-state index contributed by atoms with van der Waals surface area (Å²) >= 11 is 3.28. The van der Waals surface area contributed by atoms with Crippen LogP contribution >= 0.6 is 39.9 Å². The topological polar surface area (TPSA) is 67.1 Å². The zero-order valence-corrected chi connectivity index (χ0v) is 20.0. The van der Waals surface area contributed by atoms with Gasteiger partial charge in [0.15, 0.2) is 11.8 Å². The minimum atomic E-state index is -0.167. The predicted molar refractivity (Wildman–Crippen MR) is 124 cm³/mol. The molecule has 1 aromatic heterocycles. The molecule has 6 nitrogen and oxygen atoms in total. The van der Waals surface area contributed by atoms with Gasteiger partial charge >= 0.3 is 0 Å². The first-order chi connectivity index (χ1) is 13.2. The molecule has 1 aromatic carbocycles. The molecule has 3 rings (SSSR count). The van der Waals surface area contributed by atoms with E-state index in [9.17, 15) is 4.39 Å². The largest absolute Gasteiger partial charge is 0.356 e. The summed E-state index contributed by atoms with van der Waals surface area (Å²) < 4.78 is 16.8. The van der Waals surface area contributed by atoms with Crippen molar-refractivity contribution in [2.45, 2.75) is 51.6 Å². The lowest BCUT2D eigenvalue weighted by Gasteiger charge is -2.13. The van der Waals surface area contributed by atoms with E-state index in [0.717, 1.165) is 47.0 Å². The smallest absolute Gasteiger partial charge is 0.191 e. The number of halogens is 3. The van der Waals surface area contributed by atoms with Crippen LogP contribution in [-0.2, 0) is 25.9 Å². The number of aromatic nitrogens is 3. The molecule has 0 saturated heterocycles. The average Bonchev–Trinajstić information content (AvgIpc) is 2.89. The number of fused-ring (bicyclic) bond motifs is 1. The fourth-order valence-corrected chi connectivity index (χ4v) is 3.60. The summed E-state index contributed by atoms with van der Waals surface area (Å²) in [6.45, 7) is 2.30. The Morgan fingerprint density at radius 2 is 2.11 bits per heavy atom. The fourth-order valence-electron chi connectivity index (χ4n) is 3.27. The molecular weight excluding hydrogens is 538 g/mol. The van der Waals surface area contributed by atoms with Crippen molar-refractivity contribution in [3.63, 3.8) is 0 Å². The van der Waals surface area contributed by atoms with E-state index in [1.807, 2.05) is 12.1 Å². The van der Waals surface area contributed by atoms with Gasteiger partial charge in [0.2, 0.25) is 0 Å². The molecule has 154 valence electrons. The van der Waals surface area contributed by atoms with Gasteiger partial charge in [-0.25, -0.2) is 4.39 Å². The van der Waals surface area contributed by atoms with Crippen LogP contribution < -0.4 is 10.6 Å². The van der Waals surface area contributed by atoms with Gasteiger partial charge in [-0.15, -0.1) is 34.2 Å². The molecule has 0 amide bonds. The SMILES string of the molecule is CN=C(NCCCc1ccc(Br)cc1F)NCc1nnc2n1CCCCC2.I. The number of nitrogens with zero attached hydrogens (tertiary/aromatic N) is 4. The van der Waals surface area contributed by atoms with Gasteiger partial charge in [0.05, 0.1) is 6.54 Å². The molecule has 0 fully saturated rings. The highest BCUT2D eigenvalue weighted by molar-refractivity contribution is 14.0. The van der Waals surface area contributed by atoms with Crippen LogP contribution in [0.25, 0.3) is 0 Å². The molecule has 28 heavy (non-hydrogen) atoms. The second-order valence-corrected chi connectivity index (χ2v) is 7.60. The lowest BCUT2D eigenvalue weighted by molar-refractivity contribution is 0.594. The van der Waals surface area contributed by atoms with Gasteiger partial charge in [-0.2, -0.15) is 0 Å². The lowest BCUT2D eigenvalue weighted by atomic mass is 10.1. The third-order valence-corrected chi connectivity index (χ3v) is 5.25. The Balaban J connectivity index is 0.00000280. The standard InChI is InChI=1S/C19H26BrFN6.HI/c1-22-19(23-10-5-6-14-8-9-15(20)12-16(14)21)24-13-18-26-25-17-7-3-2-4-11-27(17)18;/h8-9,12H,2-7,10-11,13H2,1H3,(H2,22,23,24);1H. The molecule has 2 aromatic rings. The Kier molecular flexibility index (Phi) is 9.63. The second kappa shape index (κ2) is 11.7. The maximum Gasteiger partial charge on any atom is 0.191 e. The Hall–Kier alpha value is -1.23. The van der Waals surface area contributed by atoms with E-state index in [1.165, 1.54) is 25.3 Å². The Morgan fingerprint density at radius 1 is 1.25 bits per heavy atom. The Bertz CT molecular complexity index is 795. The van der Waals surface area contributed by atoms with Crippen LogP contribution in [0, 0.1) is 5.82 Å². The highest BCUT2D eigenvalue weighted by Crippen LogP contribution is 2.16. The molecule has 2 N–H and O–H groups in total. The third-order valence-electron chi connectivity index (χ3n) is 4.75. The highest BCUT2D eigenvalue weighted by Gasteiger charge is 2.14. The van der Waals surface area contributed by atoms with E-state index in [2.05, 4.69) is 46.3 Å². The number of aliphatic imine (C=N–C) groups is 1. The molecule has 0 unspecified atom stereocenters. The maximum atomic E-state index is 13.8. The van der Waals surface area contributed by atoms with Crippen molar-refractivity contribution in [2.24, 2.45) is 4.99 Å². The van der Waals surface area contributed by atoms with Crippen molar-refractivity contribution in [1.82, 2.24) is 25.4 Å². The Morgan fingerprint density at radius 3 is 2.89 bits per heavy atom. The number of aryl methyl sites for hydroxylation is 2. The van der Waals surface area contributed by atoms with Crippen LogP contribution in [0.2, 0.25) is 0 Å². The number of hydrogen-bond acceptors (Lipinski definition) is 3. The zero-order chi connectivity index (χ0) is 19.1. The molecule has 2 heterocycles. The summed E-state index contributed by atoms with van der Waals surface area (Å²) in [6, 6.07) is 5.20. The molecule has 1 aliphatic heterocycles. The quantitative estimate of drug-likeness (QED) is 0.242. The van der Waals surface area contributed by atoms with Gasteiger partial charge in [-0.3, -0.25) is 4.99 Å². The average molecular weight is 565 g/mol. The molecule has 0 atom stereocenters. The summed E-state index contributed by atoms with van der Waals surface area (Å²) in [5, 5.41) is 15.2. The molecule has 0 bridgehead atoms. The Labute approximate surface area is 190 Å². The van der Waals surface area contributed by atoms with E-state index in [0.29, 0.717) is 19.5 Å². The molecule has 0 spiro atoms. The molecule has 0 saturated carbocycles. The van der Waals surface area contributed by atoms with E-state index < -0.39 is 0 Å². The number of benzene rings is 1. The van der Waals surface area contributed by atoms with Crippen molar-refractivity contribution < 1.29 is 4.39 Å². The highest BCUT2D eigenvalue weighted by atomic mass is 127. The van der Waals surface area contributed by atoms with Gasteiger partial charge in [0, 0.05) is 31.0 Å². The van der Waals surface area contributed by atoms with Crippen molar-refractivity contribution in [2.75, 3.05) is 13.6 Å². The first-order valence-corrected chi connectivity index (χ1v) is 10.3. The predicted octanol–water partition coefficient (Wildman–Crippen LogP) is 3.82. The molecule has 1 aliphatic rings. The minimum absolute atomic E-state index is 0. The maximum absolute atomic E-state index is 13.8. The van der Waals surface area contributed by atoms with Gasteiger partial charge in [-0.05, 0) is 43.4 Å². The monoisotopic (exact) mass is 564 g/mol. The number of guanidine groups is 1. The lowest BCUT2D eigenvalue weighted by Crippen LogP contribution is -2.38. The molecular formula is C19H27BrFIN6. The summed E-state index contributed by atoms with van der Waals surface area (Å²) in [6.07, 6.45) is 6.12. The van der Waals surface area contributed by atoms with Crippen molar-refractivity contribution in [1.29, 1.82) is 0 Å². The first kappa shape index (κ1) is 23.1. The van der Waals surface area contributed by atoms with Gasteiger partial charge in [0.25, 0.3) is 0 Å². The summed E-state index contributed by atoms with van der Waals surface area (Å²) in [5.74, 6) is 2.59. The van der Waals surface area contributed by atoms with Crippen LogP contribution in [0.1, 0.15) is 42.9 Å². The number of rotatable bonds is 6. The van der Waals surface area contributed by atoms with Crippen LogP contribution in [0.3, 0.4) is 0 Å². The summed E-state index contributed by atoms with van der Waals surface area (Å²) in [7, 11) is 1.74. The molecule has 9 heteroatoms. The van der Waals surface area contributed by atoms with Gasteiger partial charge < -0.3 is 15.2 Å². The van der Waals surface area contributed by atoms with Crippen LogP contribution in [-0.4, -0.2) is 34.3 Å². The fraction of sp³-hybridized carbons (Fsp3) is 0.526. The van der Waals surface area contributed by atoms with E-state index in [1.54, 1.807) is 7.05 Å². The van der Waals surface area contributed by atoms with Crippen molar-refractivity contribution in [3.8, 4) is 0 Å². The van der Waals surface area contributed by atoms with E-state index in [4.69, 9.17) is 0 Å². The normalized spacial score (nSPS) is 14.0. The van der Waals surface area contributed by atoms with Crippen molar-refractivity contribution in [3.05, 3.63) is 45.7 Å². The van der Waals surface area contributed by atoms with Crippen molar-refractivity contribution >= 4 is 45.9 Å². The van der Waals surface area contributed by atoms with E-state index >= 15 is 0 Å². The van der Waals surface area contributed by atoms with Crippen LogP contribution in [0.5, 0.6) is 0 Å². The summed E-state index contributed by atoms with van der Waals surface area (Å²) in [4.78, 5) is 4.25. The summed E-state index contributed by atoms with van der Waals surface area (Å²) in [5.41, 5.74) is 0.731. The third kappa shape index (κ3) is 6.40. The molecule has 0 radical (unpaired) electrons. The van der Waals surface area contributed by atoms with Gasteiger partial charge in [-0.1, -0.05) is 28.4 Å². The number of hydrogen-bond donors (Lipinski definition) is 2. The molecule has 0 aliphatic carbocycles. The second-order valence-electron chi connectivity index (χ2n) is 6.69. The number of nitrogens with one attached hydrogen (secondary N) is 2. The zero-order valence-electron chi connectivity index (χ0n) is 16.0. The van der Waals surface area contributed by atoms with Gasteiger partial charge in [0.1, 0.15) is 11.6 Å². The van der Waals surface area contributed by atoms with Crippen LogP contribution in [0.15, 0.2) is 27.7 Å². The van der Waals surface area contributed by atoms with Crippen LogP contribution in [0.4, 0.5) is 4.39 Å². The minimum Gasteiger partial charge on any atom is -0.356 e.